The number of hydrogen-bond acceptors (Lipinski definition) is 6. The zero-order valence-corrected chi connectivity index (χ0v) is 16.6. The molecule has 0 bridgehead atoms. The fraction of sp³-hybridized carbons (Fsp3) is 0.381. The number of fused-ring (bicyclic) bond motifs is 1. The van der Waals surface area contributed by atoms with Gasteiger partial charge in [-0.05, 0) is 24.3 Å². The standard InChI is InChI=1S/C21H25N3O5/c1-26-16-4-6-18(27-2)17(14-16)22-21(25)24-9-7-23(8-10-24)15-3-5-19-20(13-15)29-12-11-28-19/h3-6,13-14H,7-12H2,1-2H3,(H,22,25). The van der Waals surface area contributed by atoms with Gasteiger partial charge in [0.15, 0.2) is 11.5 Å². The van der Waals surface area contributed by atoms with Crippen molar-refractivity contribution >= 4 is 17.4 Å². The van der Waals surface area contributed by atoms with E-state index in [1.807, 2.05) is 18.2 Å². The summed E-state index contributed by atoms with van der Waals surface area (Å²) in [5.74, 6) is 2.81. The number of methoxy groups -OCH3 is 2. The number of benzene rings is 2. The fourth-order valence-electron chi connectivity index (χ4n) is 3.50. The summed E-state index contributed by atoms with van der Waals surface area (Å²) in [6.45, 7) is 3.86. The molecule has 0 saturated carbocycles. The van der Waals surface area contributed by atoms with Crippen LogP contribution in [0, 0.1) is 0 Å². The van der Waals surface area contributed by atoms with Gasteiger partial charge in [0.25, 0.3) is 0 Å². The zero-order valence-electron chi connectivity index (χ0n) is 16.6. The van der Waals surface area contributed by atoms with Crippen LogP contribution in [0.3, 0.4) is 0 Å². The molecule has 1 N–H and O–H groups in total. The first-order valence-corrected chi connectivity index (χ1v) is 9.60. The largest absolute Gasteiger partial charge is 0.497 e. The molecule has 2 aromatic rings. The number of anilines is 2. The molecule has 8 heteroatoms. The highest BCUT2D eigenvalue weighted by atomic mass is 16.6. The second kappa shape index (κ2) is 8.38. The summed E-state index contributed by atoms with van der Waals surface area (Å²) < 4.78 is 21.8. The van der Waals surface area contributed by atoms with Crippen molar-refractivity contribution in [2.45, 2.75) is 0 Å². The number of hydrogen-bond donors (Lipinski definition) is 1. The Hall–Kier alpha value is -3.29. The topological polar surface area (TPSA) is 72.5 Å². The molecule has 29 heavy (non-hydrogen) atoms. The van der Waals surface area contributed by atoms with Gasteiger partial charge in [-0.15, -0.1) is 0 Å². The highest BCUT2D eigenvalue weighted by Gasteiger charge is 2.23. The minimum absolute atomic E-state index is 0.154. The molecule has 2 heterocycles. The van der Waals surface area contributed by atoms with Crippen LogP contribution in [-0.2, 0) is 0 Å². The molecule has 2 aromatic carbocycles. The van der Waals surface area contributed by atoms with Crippen molar-refractivity contribution < 1.29 is 23.7 Å². The van der Waals surface area contributed by atoms with Gasteiger partial charge in [-0.2, -0.15) is 0 Å². The molecule has 154 valence electrons. The Labute approximate surface area is 169 Å². The highest BCUT2D eigenvalue weighted by molar-refractivity contribution is 5.91. The van der Waals surface area contributed by atoms with E-state index in [0.29, 0.717) is 43.5 Å². The van der Waals surface area contributed by atoms with Crippen molar-refractivity contribution in [2.75, 3.05) is 63.8 Å². The lowest BCUT2D eigenvalue weighted by Crippen LogP contribution is -2.50. The van der Waals surface area contributed by atoms with Crippen molar-refractivity contribution in [1.82, 2.24) is 4.90 Å². The van der Waals surface area contributed by atoms with E-state index in [9.17, 15) is 4.79 Å². The Morgan fingerprint density at radius 3 is 2.41 bits per heavy atom. The van der Waals surface area contributed by atoms with Crippen molar-refractivity contribution in [3.05, 3.63) is 36.4 Å². The molecular formula is C21H25N3O5. The first kappa shape index (κ1) is 19.0. The van der Waals surface area contributed by atoms with Crippen LogP contribution in [0.5, 0.6) is 23.0 Å². The molecule has 2 aliphatic heterocycles. The molecule has 0 aromatic heterocycles. The van der Waals surface area contributed by atoms with E-state index in [1.165, 1.54) is 0 Å². The quantitative estimate of drug-likeness (QED) is 0.853. The molecular weight excluding hydrogens is 374 g/mol. The average Bonchev–Trinajstić information content (AvgIpc) is 2.78. The number of piperazine rings is 1. The summed E-state index contributed by atoms with van der Waals surface area (Å²) in [6.07, 6.45) is 0. The molecule has 4 rings (SSSR count). The summed E-state index contributed by atoms with van der Waals surface area (Å²) in [5, 5.41) is 2.93. The Balaban J connectivity index is 1.38. The molecule has 0 radical (unpaired) electrons. The van der Waals surface area contributed by atoms with Crippen LogP contribution in [0.4, 0.5) is 16.2 Å². The lowest BCUT2D eigenvalue weighted by molar-refractivity contribution is 0.171. The Kier molecular flexibility index (Phi) is 5.50. The molecule has 0 spiro atoms. The van der Waals surface area contributed by atoms with Gasteiger partial charge < -0.3 is 34.1 Å². The first-order valence-electron chi connectivity index (χ1n) is 9.60. The van der Waals surface area contributed by atoms with Gasteiger partial charge in [-0.25, -0.2) is 4.79 Å². The summed E-state index contributed by atoms with van der Waals surface area (Å²) >= 11 is 0. The van der Waals surface area contributed by atoms with E-state index in [1.54, 1.807) is 37.3 Å². The van der Waals surface area contributed by atoms with Crippen molar-refractivity contribution in [2.24, 2.45) is 0 Å². The van der Waals surface area contributed by atoms with Crippen LogP contribution in [0.1, 0.15) is 0 Å². The van der Waals surface area contributed by atoms with Gasteiger partial charge in [-0.3, -0.25) is 0 Å². The maximum Gasteiger partial charge on any atom is 0.322 e. The minimum Gasteiger partial charge on any atom is -0.497 e. The second-order valence-electron chi connectivity index (χ2n) is 6.80. The van der Waals surface area contributed by atoms with Crippen LogP contribution in [0.2, 0.25) is 0 Å². The lowest BCUT2D eigenvalue weighted by Gasteiger charge is -2.36. The summed E-state index contributed by atoms with van der Waals surface area (Å²) in [7, 11) is 3.16. The van der Waals surface area contributed by atoms with Crippen LogP contribution >= 0.6 is 0 Å². The third-order valence-electron chi connectivity index (χ3n) is 5.11. The average molecular weight is 399 g/mol. The van der Waals surface area contributed by atoms with Crippen LogP contribution in [-0.4, -0.2) is 64.5 Å². The second-order valence-corrected chi connectivity index (χ2v) is 6.80. The predicted octanol–water partition coefficient (Wildman–Crippen LogP) is 2.83. The minimum atomic E-state index is -0.154. The van der Waals surface area contributed by atoms with Crippen molar-refractivity contribution in [1.29, 1.82) is 0 Å². The Morgan fingerprint density at radius 2 is 1.69 bits per heavy atom. The van der Waals surface area contributed by atoms with Gasteiger partial charge in [0.2, 0.25) is 0 Å². The van der Waals surface area contributed by atoms with E-state index < -0.39 is 0 Å². The van der Waals surface area contributed by atoms with Gasteiger partial charge in [0.05, 0.1) is 19.9 Å². The molecule has 0 atom stereocenters. The molecule has 1 saturated heterocycles. The number of urea groups is 1. The van der Waals surface area contributed by atoms with Crippen LogP contribution in [0.15, 0.2) is 36.4 Å². The van der Waals surface area contributed by atoms with Crippen LogP contribution in [0.25, 0.3) is 0 Å². The van der Waals surface area contributed by atoms with E-state index >= 15 is 0 Å². The maximum atomic E-state index is 12.7. The van der Waals surface area contributed by atoms with E-state index in [4.69, 9.17) is 18.9 Å². The summed E-state index contributed by atoms with van der Waals surface area (Å²) in [4.78, 5) is 16.8. The highest BCUT2D eigenvalue weighted by Crippen LogP contribution is 2.34. The number of nitrogens with zero attached hydrogens (tertiary/aromatic N) is 2. The maximum absolute atomic E-state index is 12.7. The third-order valence-corrected chi connectivity index (χ3v) is 5.11. The van der Waals surface area contributed by atoms with Crippen molar-refractivity contribution in [3.63, 3.8) is 0 Å². The molecule has 8 nitrogen and oxygen atoms in total. The first-order chi connectivity index (χ1) is 14.2. The van der Waals surface area contributed by atoms with Gasteiger partial charge in [-0.1, -0.05) is 0 Å². The number of ether oxygens (including phenoxy) is 4. The van der Waals surface area contributed by atoms with Gasteiger partial charge in [0.1, 0.15) is 24.7 Å². The van der Waals surface area contributed by atoms with Gasteiger partial charge in [0, 0.05) is 44.0 Å². The monoisotopic (exact) mass is 399 g/mol. The van der Waals surface area contributed by atoms with Crippen LogP contribution < -0.4 is 29.2 Å². The van der Waals surface area contributed by atoms with E-state index in [2.05, 4.69) is 10.2 Å². The Morgan fingerprint density at radius 1 is 0.931 bits per heavy atom. The van der Waals surface area contributed by atoms with Crippen molar-refractivity contribution in [3.8, 4) is 23.0 Å². The number of amides is 2. The molecule has 2 amide bonds. The zero-order chi connectivity index (χ0) is 20.2. The SMILES string of the molecule is COc1ccc(OC)c(NC(=O)N2CCN(c3ccc4c(c3)OCCO4)CC2)c1. The molecule has 1 fully saturated rings. The Bertz CT molecular complexity index is 881. The molecule has 0 aliphatic carbocycles. The molecule has 0 unspecified atom stereocenters. The molecule has 2 aliphatic rings. The third kappa shape index (κ3) is 4.11. The fourth-order valence-corrected chi connectivity index (χ4v) is 3.50. The van der Waals surface area contributed by atoms with Gasteiger partial charge >= 0.3 is 6.03 Å². The number of rotatable bonds is 4. The number of nitrogens with one attached hydrogen (secondary N) is 1. The lowest BCUT2D eigenvalue weighted by atomic mass is 10.2. The smallest absolute Gasteiger partial charge is 0.322 e. The predicted molar refractivity (Wildman–Crippen MR) is 110 cm³/mol. The van der Waals surface area contributed by atoms with E-state index in [-0.39, 0.29) is 6.03 Å². The normalized spacial score (nSPS) is 15.7. The number of carbonyl (C=O) groups is 1. The summed E-state index contributed by atoms with van der Waals surface area (Å²) in [5.41, 5.74) is 1.66. The van der Waals surface area contributed by atoms with E-state index in [0.717, 1.165) is 30.3 Å². The summed E-state index contributed by atoms with van der Waals surface area (Å²) in [6, 6.07) is 11.1. The number of carbonyl (C=O) groups excluding carboxylic acids is 1.